The summed E-state index contributed by atoms with van der Waals surface area (Å²) in [6.07, 6.45) is 1.11. The number of rotatable bonds is 6. The molecular weight excluding hydrogens is 298 g/mol. The number of hydrogen-bond donors (Lipinski definition) is 2. The van der Waals surface area contributed by atoms with E-state index in [2.05, 4.69) is 4.72 Å². The van der Waals surface area contributed by atoms with Crippen LogP contribution in [-0.2, 0) is 10.0 Å². The second kappa shape index (κ2) is 6.55. The minimum Gasteiger partial charge on any atom is -0.329 e. The predicted octanol–water partition coefficient (Wildman–Crippen LogP) is 2.01. The van der Waals surface area contributed by atoms with Crippen LogP contribution in [0.4, 0.5) is 0 Å². The van der Waals surface area contributed by atoms with Gasteiger partial charge in [-0.3, -0.25) is 0 Å². The van der Waals surface area contributed by atoms with Crippen LogP contribution < -0.4 is 10.5 Å². The van der Waals surface area contributed by atoms with Gasteiger partial charge < -0.3 is 5.73 Å². The second-order valence-corrected chi connectivity index (χ2v) is 6.64. The van der Waals surface area contributed by atoms with Crippen LogP contribution in [0.1, 0.15) is 32.3 Å². The molecular formula is C13H18ClN3O2S. The molecule has 0 aromatic heterocycles. The fourth-order valence-corrected chi connectivity index (χ4v) is 3.85. The summed E-state index contributed by atoms with van der Waals surface area (Å²) in [5.74, 6) is 0. The average molecular weight is 316 g/mol. The first-order valence-corrected chi connectivity index (χ1v) is 8.14. The van der Waals surface area contributed by atoms with Crippen molar-refractivity contribution in [2.45, 2.75) is 37.1 Å². The lowest BCUT2D eigenvalue weighted by molar-refractivity contribution is 0.363. The zero-order valence-electron chi connectivity index (χ0n) is 11.5. The van der Waals surface area contributed by atoms with E-state index in [1.165, 1.54) is 18.2 Å². The largest absolute Gasteiger partial charge is 0.329 e. The minimum atomic E-state index is -3.86. The molecule has 110 valence electrons. The van der Waals surface area contributed by atoms with Gasteiger partial charge in [-0.1, -0.05) is 25.4 Å². The topological polar surface area (TPSA) is 96.0 Å². The van der Waals surface area contributed by atoms with Gasteiger partial charge in [0.05, 0.1) is 5.56 Å². The molecule has 1 rings (SSSR count). The maximum atomic E-state index is 12.5. The van der Waals surface area contributed by atoms with E-state index >= 15 is 0 Å². The van der Waals surface area contributed by atoms with Gasteiger partial charge in [0.2, 0.25) is 10.0 Å². The number of nitrogens with one attached hydrogen (secondary N) is 1. The zero-order valence-corrected chi connectivity index (χ0v) is 13.1. The van der Waals surface area contributed by atoms with Crippen molar-refractivity contribution in [2.75, 3.05) is 6.54 Å². The molecule has 0 spiro atoms. The highest BCUT2D eigenvalue weighted by atomic mass is 35.5. The van der Waals surface area contributed by atoms with Gasteiger partial charge in [-0.25, -0.2) is 13.1 Å². The predicted molar refractivity (Wildman–Crippen MR) is 78.9 cm³/mol. The van der Waals surface area contributed by atoms with E-state index in [4.69, 9.17) is 22.6 Å². The SMILES string of the molecule is CCC(CC)(CN)NS(=O)(=O)c1cc(Cl)ccc1C#N. The Kier molecular flexibility index (Phi) is 5.54. The molecule has 0 aliphatic heterocycles. The highest BCUT2D eigenvalue weighted by Crippen LogP contribution is 2.23. The average Bonchev–Trinajstić information content (AvgIpc) is 2.45. The first-order valence-electron chi connectivity index (χ1n) is 6.28. The molecule has 1 aromatic carbocycles. The van der Waals surface area contributed by atoms with Gasteiger partial charge >= 0.3 is 0 Å². The minimum absolute atomic E-state index is 0.0556. The van der Waals surface area contributed by atoms with Crippen molar-refractivity contribution in [1.82, 2.24) is 4.72 Å². The van der Waals surface area contributed by atoms with Crippen LogP contribution in [-0.4, -0.2) is 20.5 Å². The van der Waals surface area contributed by atoms with Crippen molar-refractivity contribution in [1.29, 1.82) is 5.26 Å². The maximum absolute atomic E-state index is 12.5. The standard InChI is InChI=1S/C13H18ClN3O2S/c1-3-13(4-2,9-16)17-20(18,19)12-7-11(14)6-5-10(12)8-15/h5-7,17H,3-4,9,16H2,1-2H3. The normalized spacial score (nSPS) is 12.2. The third-order valence-corrected chi connectivity index (χ3v) is 5.30. The van der Waals surface area contributed by atoms with E-state index in [1.807, 2.05) is 19.9 Å². The molecule has 0 radical (unpaired) electrons. The summed E-state index contributed by atoms with van der Waals surface area (Å²) < 4.78 is 27.6. The lowest BCUT2D eigenvalue weighted by Crippen LogP contribution is -2.52. The van der Waals surface area contributed by atoms with Gasteiger partial charge in [0, 0.05) is 17.1 Å². The van der Waals surface area contributed by atoms with Crippen LogP contribution in [0, 0.1) is 11.3 Å². The zero-order chi connectivity index (χ0) is 15.4. The molecule has 5 nitrogen and oxygen atoms in total. The summed E-state index contributed by atoms with van der Waals surface area (Å²) in [4.78, 5) is -0.118. The molecule has 0 saturated heterocycles. The van der Waals surface area contributed by atoms with Crippen molar-refractivity contribution >= 4 is 21.6 Å². The van der Waals surface area contributed by atoms with Crippen LogP contribution in [0.15, 0.2) is 23.1 Å². The first-order chi connectivity index (χ1) is 9.34. The first kappa shape index (κ1) is 16.9. The lowest BCUT2D eigenvalue weighted by atomic mass is 9.95. The Morgan fingerprint density at radius 3 is 2.45 bits per heavy atom. The summed E-state index contributed by atoms with van der Waals surface area (Å²) in [6, 6.07) is 6.00. The van der Waals surface area contributed by atoms with E-state index in [0.29, 0.717) is 12.8 Å². The smallest absolute Gasteiger partial charge is 0.242 e. The molecule has 20 heavy (non-hydrogen) atoms. The van der Waals surface area contributed by atoms with Crippen LogP contribution >= 0.6 is 11.6 Å². The molecule has 0 amide bonds. The van der Waals surface area contributed by atoms with Crippen molar-refractivity contribution in [3.05, 3.63) is 28.8 Å². The Bertz CT molecular complexity index is 611. The molecule has 3 N–H and O–H groups in total. The van der Waals surface area contributed by atoms with Gasteiger partial charge in [0.15, 0.2) is 0 Å². The van der Waals surface area contributed by atoms with E-state index in [0.717, 1.165) is 0 Å². The molecule has 7 heteroatoms. The summed E-state index contributed by atoms with van der Waals surface area (Å²) >= 11 is 5.83. The monoisotopic (exact) mass is 315 g/mol. The Labute approximate surface area is 124 Å². The van der Waals surface area contributed by atoms with Gasteiger partial charge in [-0.15, -0.1) is 0 Å². The Morgan fingerprint density at radius 2 is 2.00 bits per heavy atom. The number of nitrogens with zero attached hydrogens (tertiary/aromatic N) is 1. The number of hydrogen-bond acceptors (Lipinski definition) is 4. The van der Waals surface area contributed by atoms with Crippen molar-refractivity contribution < 1.29 is 8.42 Å². The van der Waals surface area contributed by atoms with Crippen LogP contribution in [0.25, 0.3) is 0 Å². The number of sulfonamides is 1. The molecule has 0 saturated carbocycles. The quantitative estimate of drug-likeness (QED) is 0.839. The van der Waals surface area contributed by atoms with Crippen LogP contribution in [0.5, 0.6) is 0 Å². The third-order valence-electron chi connectivity index (χ3n) is 3.45. The van der Waals surface area contributed by atoms with Crippen LogP contribution in [0.3, 0.4) is 0 Å². The number of benzene rings is 1. The molecule has 0 aliphatic carbocycles. The highest BCUT2D eigenvalue weighted by Gasteiger charge is 2.32. The number of nitrogens with two attached hydrogens (primary N) is 1. The Balaban J connectivity index is 3.31. The van der Waals surface area contributed by atoms with E-state index < -0.39 is 15.6 Å². The molecule has 0 fully saturated rings. The molecule has 1 aromatic rings. The van der Waals surface area contributed by atoms with Crippen molar-refractivity contribution in [3.8, 4) is 6.07 Å². The second-order valence-electron chi connectivity index (χ2n) is 4.55. The van der Waals surface area contributed by atoms with Gasteiger partial charge in [-0.05, 0) is 31.0 Å². The van der Waals surface area contributed by atoms with Crippen LogP contribution in [0.2, 0.25) is 5.02 Å². The number of nitriles is 1. The molecule has 0 bridgehead atoms. The van der Waals surface area contributed by atoms with Gasteiger partial charge in [-0.2, -0.15) is 5.26 Å². The number of halogens is 1. The molecule has 0 unspecified atom stereocenters. The van der Waals surface area contributed by atoms with Crippen molar-refractivity contribution in [2.24, 2.45) is 5.73 Å². The molecule has 0 heterocycles. The summed E-state index contributed by atoms with van der Waals surface area (Å²) in [5, 5.41) is 9.29. The Hall–Kier alpha value is -1.13. The van der Waals surface area contributed by atoms with Gasteiger partial charge in [0.1, 0.15) is 11.0 Å². The maximum Gasteiger partial charge on any atom is 0.242 e. The molecule has 0 atom stereocenters. The fraction of sp³-hybridized carbons (Fsp3) is 0.462. The van der Waals surface area contributed by atoms with E-state index in [1.54, 1.807) is 0 Å². The van der Waals surface area contributed by atoms with E-state index in [9.17, 15) is 8.42 Å². The summed E-state index contributed by atoms with van der Waals surface area (Å²) in [7, 11) is -3.86. The molecule has 0 aliphatic rings. The highest BCUT2D eigenvalue weighted by molar-refractivity contribution is 7.89. The van der Waals surface area contributed by atoms with Crippen molar-refractivity contribution in [3.63, 3.8) is 0 Å². The van der Waals surface area contributed by atoms with E-state index in [-0.39, 0.29) is 22.0 Å². The fourth-order valence-electron chi connectivity index (χ4n) is 1.88. The lowest BCUT2D eigenvalue weighted by Gasteiger charge is -2.31. The third kappa shape index (κ3) is 3.49. The van der Waals surface area contributed by atoms with Gasteiger partial charge in [0.25, 0.3) is 0 Å². The Morgan fingerprint density at radius 1 is 1.40 bits per heavy atom. The summed E-state index contributed by atoms with van der Waals surface area (Å²) in [6.45, 7) is 3.91. The summed E-state index contributed by atoms with van der Waals surface area (Å²) in [5.41, 5.74) is 5.04.